The Morgan fingerprint density at radius 1 is 1.05 bits per heavy atom. The molecule has 0 aromatic heterocycles. The second-order valence-electron chi connectivity index (χ2n) is 4.53. The first-order chi connectivity index (χ1) is 10.1. The molecule has 5 heteroatoms. The summed E-state index contributed by atoms with van der Waals surface area (Å²) in [5.74, 6) is 0.961. The van der Waals surface area contributed by atoms with Gasteiger partial charge in [0.2, 0.25) is 0 Å². The predicted octanol–water partition coefficient (Wildman–Crippen LogP) is 2.22. The standard InChI is InChI=1S/C16H18N2O3/c1-20-14-7-12(8-15(9-14)21-2)16(19)18-10-11-3-5-13(17)6-4-11/h3-9H,10,17H2,1-2H3,(H,18,19). The van der Waals surface area contributed by atoms with Gasteiger partial charge in [0.15, 0.2) is 0 Å². The molecule has 2 aromatic carbocycles. The van der Waals surface area contributed by atoms with Crippen molar-refractivity contribution in [2.24, 2.45) is 0 Å². The number of nitrogens with one attached hydrogen (secondary N) is 1. The maximum Gasteiger partial charge on any atom is 0.251 e. The molecule has 0 saturated carbocycles. The van der Waals surface area contributed by atoms with Crippen LogP contribution in [-0.2, 0) is 6.54 Å². The summed E-state index contributed by atoms with van der Waals surface area (Å²) in [6.45, 7) is 0.429. The monoisotopic (exact) mass is 286 g/mol. The molecule has 21 heavy (non-hydrogen) atoms. The van der Waals surface area contributed by atoms with E-state index < -0.39 is 0 Å². The molecule has 5 nitrogen and oxygen atoms in total. The number of carbonyl (C=O) groups is 1. The Balaban J connectivity index is 2.07. The summed E-state index contributed by atoms with van der Waals surface area (Å²) in [6.07, 6.45) is 0. The van der Waals surface area contributed by atoms with Crippen LogP contribution in [0.15, 0.2) is 42.5 Å². The first-order valence-corrected chi connectivity index (χ1v) is 6.48. The highest BCUT2D eigenvalue weighted by Gasteiger charge is 2.09. The molecule has 0 atom stereocenters. The molecule has 0 aliphatic rings. The first-order valence-electron chi connectivity index (χ1n) is 6.48. The third kappa shape index (κ3) is 3.89. The van der Waals surface area contributed by atoms with Gasteiger partial charge in [-0.1, -0.05) is 12.1 Å². The molecule has 1 amide bonds. The lowest BCUT2D eigenvalue weighted by Crippen LogP contribution is -2.22. The van der Waals surface area contributed by atoms with Crippen LogP contribution in [-0.4, -0.2) is 20.1 Å². The van der Waals surface area contributed by atoms with Crippen molar-refractivity contribution in [3.05, 3.63) is 53.6 Å². The van der Waals surface area contributed by atoms with E-state index in [-0.39, 0.29) is 5.91 Å². The van der Waals surface area contributed by atoms with E-state index in [0.717, 1.165) is 5.56 Å². The van der Waals surface area contributed by atoms with E-state index in [1.54, 1.807) is 44.6 Å². The van der Waals surface area contributed by atoms with Crippen molar-refractivity contribution in [1.29, 1.82) is 0 Å². The third-order valence-electron chi connectivity index (χ3n) is 3.05. The molecule has 2 aromatic rings. The Morgan fingerprint density at radius 3 is 2.14 bits per heavy atom. The normalized spacial score (nSPS) is 10.0. The number of hydrogen-bond donors (Lipinski definition) is 2. The van der Waals surface area contributed by atoms with Crippen molar-refractivity contribution >= 4 is 11.6 Å². The molecule has 110 valence electrons. The van der Waals surface area contributed by atoms with Crippen LogP contribution in [0.1, 0.15) is 15.9 Å². The lowest BCUT2D eigenvalue weighted by atomic mass is 10.1. The van der Waals surface area contributed by atoms with Crippen molar-refractivity contribution in [3.8, 4) is 11.5 Å². The number of nitrogens with two attached hydrogens (primary N) is 1. The minimum atomic E-state index is -0.191. The summed E-state index contributed by atoms with van der Waals surface area (Å²) < 4.78 is 10.3. The molecule has 0 radical (unpaired) electrons. The van der Waals surface area contributed by atoms with Gasteiger partial charge < -0.3 is 20.5 Å². The quantitative estimate of drug-likeness (QED) is 0.827. The lowest BCUT2D eigenvalue weighted by Gasteiger charge is -2.09. The van der Waals surface area contributed by atoms with Crippen LogP contribution in [0.4, 0.5) is 5.69 Å². The number of carbonyl (C=O) groups excluding carboxylic acids is 1. The Bertz CT molecular complexity index is 602. The lowest BCUT2D eigenvalue weighted by molar-refractivity contribution is 0.0950. The van der Waals surface area contributed by atoms with Gasteiger partial charge in [0, 0.05) is 23.9 Å². The summed E-state index contributed by atoms with van der Waals surface area (Å²) in [7, 11) is 3.09. The number of benzene rings is 2. The van der Waals surface area contributed by atoms with Crippen LogP contribution in [0, 0.1) is 0 Å². The van der Waals surface area contributed by atoms with Gasteiger partial charge in [-0.3, -0.25) is 4.79 Å². The Hall–Kier alpha value is -2.69. The minimum Gasteiger partial charge on any atom is -0.497 e. The Morgan fingerprint density at radius 2 is 1.62 bits per heavy atom. The van der Waals surface area contributed by atoms with Crippen LogP contribution in [0.2, 0.25) is 0 Å². The summed E-state index contributed by atoms with van der Waals surface area (Å²) in [5, 5.41) is 2.85. The summed E-state index contributed by atoms with van der Waals surface area (Å²) >= 11 is 0. The Kier molecular flexibility index (Phi) is 4.66. The van der Waals surface area contributed by atoms with Gasteiger partial charge in [0.25, 0.3) is 5.91 Å². The van der Waals surface area contributed by atoms with E-state index in [0.29, 0.717) is 29.3 Å². The predicted molar refractivity (Wildman–Crippen MR) is 81.6 cm³/mol. The average Bonchev–Trinajstić information content (AvgIpc) is 2.53. The van der Waals surface area contributed by atoms with Crippen molar-refractivity contribution < 1.29 is 14.3 Å². The molecule has 0 spiro atoms. The fourth-order valence-electron chi connectivity index (χ4n) is 1.86. The zero-order chi connectivity index (χ0) is 15.2. The van der Waals surface area contributed by atoms with E-state index in [4.69, 9.17) is 15.2 Å². The van der Waals surface area contributed by atoms with Gasteiger partial charge in [0.05, 0.1) is 14.2 Å². The maximum absolute atomic E-state index is 12.2. The van der Waals surface area contributed by atoms with Crippen molar-refractivity contribution in [3.63, 3.8) is 0 Å². The van der Waals surface area contributed by atoms with E-state index in [1.807, 2.05) is 12.1 Å². The highest BCUT2D eigenvalue weighted by atomic mass is 16.5. The molecule has 0 aliphatic heterocycles. The maximum atomic E-state index is 12.2. The zero-order valence-corrected chi connectivity index (χ0v) is 12.1. The van der Waals surface area contributed by atoms with Gasteiger partial charge in [0.1, 0.15) is 11.5 Å². The smallest absolute Gasteiger partial charge is 0.251 e. The average molecular weight is 286 g/mol. The number of methoxy groups -OCH3 is 2. The van der Waals surface area contributed by atoms with Gasteiger partial charge in [-0.2, -0.15) is 0 Å². The highest BCUT2D eigenvalue weighted by Crippen LogP contribution is 2.22. The van der Waals surface area contributed by atoms with Gasteiger partial charge >= 0.3 is 0 Å². The number of rotatable bonds is 5. The number of ether oxygens (including phenoxy) is 2. The molecule has 0 unspecified atom stereocenters. The molecular weight excluding hydrogens is 268 g/mol. The highest BCUT2D eigenvalue weighted by molar-refractivity contribution is 5.95. The van der Waals surface area contributed by atoms with Crippen molar-refractivity contribution in [2.45, 2.75) is 6.54 Å². The molecular formula is C16H18N2O3. The number of hydrogen-bond acceptors (Lipinski definition) is 4. The zero-order valence-electron chi connectivity index (χ0n) is 12.1. The van der Waals surface area contributed by atoms with Gasteiger partial charge in [-0.25, -0.2) is 0 Å². The molecule has 3 N–H and O–H groups in total. The van der Waals surface area contributed by atoms with E-state index >= 15 is 0 Å². The van der Waals surface area contributed by atoms with Crippen LogP contribution >= 0.6 is 0 Å². The van der Waals surface area contributed by atoms with Crippen LogP contribution < -0.4 is 20.5 Å². The van der Waals surface area contributed by atoms with Gasteiger partial charge in [-0.15, -0.1) is 0 Å². The summed E-state index contributed by atoms with van der Waals surface area (Å²) in [4.78, 5) is 12.2. The van der Waals surface area contributed by atoms with Crippen molar-refractivity contribution in [1.82, 2.24) is 5.32 Å². The summed E-state index contributed by atoms with van der Waals surface area (Å²) in [6, 6.07) is 12.4. The summed E-state index contributed by atoms with van der Waals surface area (Å²) in [5.41, 5.74) is 7.79. The third-order valence-corrected chi connectivity index (χ3v) is 3.05. The second kappa shape index (κ2) is 6.65. The molecule has 0 fully saturated rings. The second-order valence-corrected chi connectivity index (χ2v) is 4.53. The minimum absolute atomic E-state index is 0.191. The topological polar surface area (TPSA) is 73.6 Å². The molecule has 0 aliphatic carbocycles. The Labute approximate surface area is 123 Å². The fraction of sp³-hybridized carbons (Fsp3) is 0.188. The SMILES string of the molecule is COc1cc(OC)cc(C(=O)NCc2ccc(N)cc2)c1. The van der Waals surface area contributed by atoms with Crippen LogP contribution in [0.3, 0.4) is 0 Å². The van der Waals surface area contributed by atoms with E-state index in [2.05, 4.69) is 5.32 Å². The van der Waals surface area contributed by atoms with Crippen LogP contribution in [0.25, 0.3) is 0 Å². The van der Waals surface area contributed by atoms with E-state index in [1.165, 1.54) is 0 Å². The van der Waals surface area contributed by atoms with E-state index in [9.17, 15) is 4.79 Å². The molecule has 2 rings (SSSR count). The molecule has 0 heterocycles. The van der Waals surface area contributed by atoms with Crippen molar-refractivity contribution in [2.75, 3.05) is 20.0 Å². The number of anilines is 1. The number of nitrogen functional groups attached to an aromatic ring is 1. The molecule has 0 saturated heterocycles. The fourth-order valence-corrected chi connectivity index (χ4v) is 1.86. The molecule has 0 bridgehead atoms. The largest absolute Gasteiger partial charge is 0.497 e. The van der Waals surface area contributed by atoms with Gasteiger partial charge in [-0.05, 0) is 29.8 Å². The van der Waals surface area contributed by atoms with Crippen LogP contribution in [0.5, 0.6) is 11.5 Å². The number of amides is 1. The first kappa shape index (κ1) is 14.7.